The Balaban J connectivity index is 1.61. The van der Waals surface area contributed by atoms with Gasteiger partial charge in [0.2, 0.25) is 0 Å². The highest BCUT2D eigenvalue weighted by atomic mass is 35.5. The fraction of sp³-hybridized carbons (Fsp3) is 0.174. The van der Waals surface area contributed by atoms with Crippen molar-refractivity contribution in [2.75, 3.05) is 16.2 Å². The lowest BCUT2D eigenvalue weighted by Crippen LogP contribution is -2.35. The maximum Gasteiger partial charge on any atom is 0.416 e. The lowest BCUT2D eigenvalue weighted by molar-refractivity contribution is -0.137. The number of alkyl halides is 3. The van der Waals surface area contributed by atoms with E-state index in [1.807, 2.05) is 0 Å². The molecule has 172 valence electrons. The van der Waals surface area contributed by atoms with Gasteiger partial charge in [0.1, 0.15) is 0 Å². The van der Waals surface area contributed by atoms with Gasteiger partial charge >= 0.3 is 6.18 Å². The number of nitrogens with zero attached hydrogens (tertiary/aromatic N) is 1. The molecule has 0 aromatic heterocycles. The quantitative estimate of drug-likeness (QED) is 0.502. The number of halogens is 4. The molecular weight excluding hydrogens is 477 g/mol. The zero-order valence-electron chi connectivity index (χ0n) is 17.1. The van der Waals surface area contributed by atoms with Gasteiger partial charge in [0.05, 0.1) is 10.5 Å². The third-order valence-electron chi connectivity index (χ3n) is 5.26. The maximum atomic E-state index is 13.0. The van der Waals surface area contributed by atoms with Gasteiger partial charge in [-0.25, -0.2) is 8.42 Å². The lowest BCUT2D eigenvalue weighted by Gasteiger charge is -2.30. The summed E-state index contributed by atoms with van der Waals surface area (Å²) in [5, 5.41) is 0.508. The highest BCUT2D eigenvalue weighted by molar-refractivity contribution is 7.92. The van der Waals surface area contributed by atoms with E-state index in [0.29, 0.717) is 41.2 Å². The Morgan fingerprint density at radius 2 is 1.73 bits per heavy atom. The van der Waals surface area contributed by atoms with Crippen molar-refractivity contribution in [2.24, 2.45) is 0 Å². The smallest absolute Gasteiger partial charge is 0.308 e. The average molecular weight is 495 g/mol. The van der Waals surface area contributed by atoms with E-state index in [1.54, 1.807) is 35.2 Å². The number of sulfonamides is 1. The molecule has 0 fully saturated rings. The fourth-order valence-electron chi connectivity index (χ4n) is 3.67. The van der Waals surface area contributed by atoms with Gasteiger partial charge in [-0.2, -0.15) is 13.2 Å². The number of benzene rings is 3. The first-order valence-electron chi connectivity index (χ1n) is 9.95. The molecule has 0 aliphatic carbocycles. The highest BCUT2D eigenvalue weighted by Gasteiger charge is 2.31. The minimum absolute atomic E-state index is 0.0977. The summed E-state index contributed by atoms with van der Waals surface area (Å²) in [6, 6.07) is 14.8. The van der Waals surface area contributed by atoms with E-state index >= 15 is 0 Å². The molecule has 1 heterocycles. The molecule has 1 amide bonds. The number of carbonyl (C=O) groups excluding carboxylic acids is 1. The summed E-state index contributed by atoms with van der Waals surface area (Å²) >= 11 is 5.89. The fourth-order valence-corrected chi connectivity index (χ4v) is 4.90. The zero-order valence-corrected chi connectivity index (χ0v) is 18.6. The molecule has 0 atom stereocenters. The predicted octanol–water partition coefficient (Wildman–Crippen LogP) is 5.75. The lowest BCUT2D eigenvalue weighted by atomic mass is 10.0. The van der Waals surface area contributed by atoms with Crippen LogP contribution in [0.5, 0.6) is 0 Å². The summed E-state index contributed by atoms with van der Waals surface area (Å²) < 4.78 is 66.7. The molecule has 0 saturated heterocycles. The molecule has 4 rings (SSSR count). The molecule has 0 bridgehead atoms. The van der Waals surface area contributed by atoms with Gasteiger partial charge < -0.3 is 4.90 Å². The zero-order chi connectivity index (χ0) is 23.8. The molecule has 0 unspecified atom stereocenters. The van der Waals surface area contributed by atoms with E-state index in [2.05, 4.69) is 4.72 Å². The van der Waals surface area contributed by atoms with Crippen molar-refractivity contribution in [3.05, 3.63) is 88.4 Å². The Labute approximate surface area is 193 Å². The normalized spacial score (nSPS) is 14.0. The number of amides is 1. The number of nitrogens with one attached hydrogen (secondary N) is 1. The molecule has 0 saturated carbocycles. The van der Waals surface area contributed by atoms with Crippen molar-refractivity contribution in [1.82, 2.24) is 0 Å². The molecule has 0 spiro atoms. The van der Waals surface area contributed by atoms with Gasteiger partial charge in [-0.1, -0.05) is 17.7 Å². The van der Waals surface area contributed by atoms with Crippen LogP contribution in [0, 0.1) is 0 Å². The second-order valence-electron chi connectivity index (χ2n) is 7.54. The molecule has 0 radical (unpaired) electrons. The SMILES string of the molecule is O=C(c1ccc(Cl)cc1)N1CCCc2cc(S(=O)(=O)Nc3cccc(C(F)(F)F)c3)ccc21. The Bertz CT molecular complexity index is 1310. The number of hydrogen-bond acceptors (Lipinski definition) is 3. The Morgan fingerprint density at radius 1 is 1.00 bits per heavy atom. The van der Waals surface area contributed by atoms with Crippen molar-refractivity contribution < 1.29 is 26.4 Å². The van der Waals surface area contributed by atoms with E-state index in [9.17, 15) is 26.4 Å². The van der Waals surface area contributed by atoms with Crippen LogP contribution in [0.4, 0.5) is 24.5 Å². The molecule has 3 aromatic rings. The summed E-state index contributed by atoms with van der Waals surface area (Å²) in [6.07, 6.45) is -3.39. The van der Waals surface area contributed by atoms with Crippen LogP contribution in [-0.2, 0) is 22.6 Å². The largest absolute Gasteiger partial charge is 0.416 e. The van der Waals surface area contributed by atoms with Crippen molar-refractivity contribution in [3.63, 3.8) is 0 Å². The molecule has 5 nitrogen and oxygen atoms in total. The van der Waals surface area contributed by atoms with E-state index in [0.717, 1.165) is 18.2 Å². The summed E-state index contributed by atoms with van der Waals surface area (Å²) in [6.45, 7) is 0.475. The van der Waals surface area contributed by atoms with E-state index < -0.39 is 21.8 Å². The van der Waals surface area contributed by atoms with Crippen LogP contribution in [0.15, 0.2) is 71.6 Å². The Kier molecular flexibility index (Phi) is 6.11. The summed E-state index contributed by atoms with van der Waals surface area (Å²) in [7, 11) is -4.14. The molecule has 3 aromatic carbocycles. The van der Waals surface area contributed by atoms with Crippen molar-refractivity contribution in [1.29, 1.82) is 0 Å². The predicted molar refractivity (Wildman–Crippen MR) is 120 cm³/mol. The van der Waals surface area contributed by atoms with E-state index in [-0.39, 0.29) is 16.5 Å². The van der Waals surface area contributed by atoms with Crippen LogP contribution in [0.1, 0.15) is 27.9 Å². The van der Waals surface area contributed by atoms with Gasteiger partial charge in [0.15, 0.2) is 0 Å². The number of anilines is 2. The third kappa shape index (κ3) is 4.99. The minimum Gasteiger partial charge on any atom is -0.308 e. The van der Waals surface area contributed by atoms with Crippen LogP contribution < -0.4 is 9.62 Å². The molecule has 1 aliphatic rings. The second kappa shape index (κ2) is 8.72. The average Bonchev–Trinajstić information content (AvgIpc) is 2.77. The Morgan fingerprint density at radius 3 is 2.42 bits per heavy atom. The first-order chi connectivity index (χ1) is 15.5. The van der Waals surface area contributed by atoms with Crippen LogP contribution >= 0.6 is 11.6 Å². The standard InChI is InChI=1S/C23H18ClF3N2O3S/c24-18-8-6-15(7-9-18)22(30)29-12-2-3-16-13-20(10-11-21(16)29)33(31,32)28-19-5-1-4-17(14-19)23(25,26)27/h1,4-11,13-14,28H,2-3,12H2. The van der Waals surface area contributed by atoms with Gasteiger partial charge in [-0.05, 0) is 79.1 Å². The molecule has 1 aliphatic heterocycles. The van der Waals surface area contributed by atoms with Crippen LogP contribution in [0.25, 0.3) is 0 Å². The number of aryl methyl sites for hydroxylation is 1. The van der Waals surface area contributed by atoms with Crippen LogP contribution in [0.2, 0.25) is 5.02 Å². The number of hydrogen-bond donors (Lipinski definition) is 1. The van der Waals surface area contributed by atoms with Crippen LogP contribution in [-0.4, -0.2) is 20.9 Å². The molecular formula is C23H18ClF3N2O3S. The molecule has 33 heavy (non-hydrogen) atoms. The summed E-state index contributed by atoms with van der Waals surface area (Å²) in [4.78, 5) is 14.5. The first kappa shape index (κ1) is 23.1. The van der Waals surface area contributed by atoms with Gasteiger partial charge in [-0.15, -0.1) is 0 Å². The third-order valence-corrected chi connectivity index (χ3v) is 6.89. The Hall–Kier alpha value is -3.04. The van der Waals surface area contributed by atoms with Gasteiger partial charge in [0.25, 0.3) is 15.9 Å². The van der Waals surface area contributed by atoms with Crippen molar-refractivity contribution >= 4 is 38.9 Å². The first-order valence-corrected chi connectivity index (χ1v) is 11.8. The minimum atomic E-state index is -4.59. The number of carbonyl (C=O) groups is 1. The second-order valence-corrected chi connectivity index (χ2v) is 9.66. The van der Waals surface area contributed by atoms with E-state index in [4.69, 9.17) is 11.6 Å². The topological polar surface area (TPSA) is 66.5 Å². The maximum absolute atomic E-state index is 13.0. The van der Waals surface area contributed by atoms with Gasteiger partial charge in [-0.3, -0.25) is 9.52 Å². The monoisotopic (exact) mass is 494 g/mol. The van der Waals surface area contributed by atoms with Crippen LogP contribution in [0.3, 0.4) is 0 Å². The van der Waals surface area contributed by atoms with E-state index in [1.165, 1.54) is 18.2 Å². The summed E-state index contributed by atoms with van der Waals surface area (Å²) in [5.41, 5.74) is 0.566. The highest BCUT2D eigenvalue weighted by Crippen LogP contribution is 2.33. The number of fused-ring (bicyclic) bond motifs is 1. The van der Waals surface area contributed by atoms with Gasteiger partial charge in [0, 0.05) is 28.5 Å². The van der Waals surface area contributed by atoms with Crippen molar-refractivity contribution in [3.8, 4) is 0 Å². The summed E-state index contributed by atoms with van der Waals surface area (Å²) in [5.74, 6) is -0.231. The van der Waals surface area contributed by atoms with Crippen molar-refractivity contribution in [2.45, 2.75) is 23.9 Å². The molecule has 1 N–H and O–H groups in total. The molecule has 10 heteroatoms. The number of rotatable bonds is 4.